The molecule has 0 unspecified atom stereocenters. The number of hydrogen-bond donors (Lipinski definition) is 1. The van der Waals surface area contributed by atoms with E-state index in [1.54, 1.807) is 0 Å². The van der Waals surface area contributed by atoms with Crippen LogP contribution in [0.5, 0.6) is 6.01 Å². The van der Waals surface area contributed by atoms with Crippen molar-refractivity contribution in [2.75, 3.05) is 18.5 Å². The molecule has 0 spiro atoms. The zero-order valence-electron chi connectivity index (χ0n) is 10.5. The first-order valence-corrected chi connectivity index (χ1v) is 6.44. The first-order chi connectivity index (χ1) is 8.63. The fourth-order valence-corrected chi connectivity index (χ4v) is 1.84. The van der Waals surface area contributed by atoms with Crippen molar-refractivity contribution in [3.8, 4) is 6.01 Å². The van der Waals surface area contributed by atoms with E-state index in [-0.39, 0.29) is 17.4 Å². The fraction of sp³-hybridized carbons (Fsp3) is 0.727. The lowest BCUT2D eigenvalue weighted by molar-refractivity contribution is 0.0903. The van der Waals surface area contributed by atoms with E-state index in [1.807, 2.05) is 13.8 Å². The average molecular weight is 273 g/mol. The van der Waals surface area contributed by atoms with E-state index < -0.39 is 0 Å². The van der Waals surface area contributed by atoms with Gasteiger partial charge < -0.3 is 14.8 Å². The van der Waals surface area contributed by atoms with Gasteiger partial charge in [-0.2, -0.15) is 15.0 Å². The summed E-state index contributed by atoms with van der Waals surface area (Å²) >= 11 is 5.84. The van der Waals surface area contributed by atoms with Gasteiger partial charge in [-0.25, -0.2) is 0 Å². The normalized spacial score (nSPS) is 16.9. The lowest BCUT2D eigenvalue weighted by Gasteiger charge is -2.23. The Hall–Kier alpha value is -1.14. The Bertz CT molecular complexity index is 397. The number of rotatable bonds is 4. The number of anilines is 1. The molecule has 1 N–H and O–H groups in total. The molecule has 18 heavy (non-hydrogen) atoms. The molecule has 0 bridgehead atoms. The van der Waals surface area contributed by atoms with Crippen molar-refractivity contribution < 1.29 is 9.47 Å². The van der Waals surface area contributed by atoms with Crippen molar-refractivity contribution >= 4 is 17.5 Å². The molecular weight excluding hydrogens is 256 g/mol. The highest BCUT2D eigenvalue weighted by Crippen LogP contribution is 2.16. The topological polar surface area (TPSA) is 69.2 Å². The fourth-order valence-electron chi connectivity index (χ4n) is 1.68. The molecule has 1 saturated heterocycles. The molecule has 0 radical (unpaired) electrons. The predicted molar refractivity (Wildman–Crippen MR) is 68.1 cm³/mol. The molecule has 0 amide bonds. The van der Waals surface area contributed by atoms with Gasteiger partial charge >= 0.3 is 6.01 Å². The second-order valence-corrected chi connectivity index (χ2v) is 4.75. The van der Waals surface area contributed by atoms with Gasteiger partial charge in [0, 0.05) is 19.3 Å². The zero-order valence-corrected chi connectivity index (χ0v) is 11.3. The summed E-state index contributed by atoms with van der Waals surface area (Å²) in [6, 6.07) is 0.559. The first kappa shape index (κ1) is 13.3. The van der Waals surface area contributed by atoms with Crippen LogP contribution in [0.3, 0.4) is 0 Å². The van der Waals surface area contributed by atoms with Crippen molar-refractivity contribution in [3.05, 3.63) is 5.28 Å². The third-order valence-electron chi connectivity index (χ3n) is 2.48. The number of halogens is 1. The summed E-state index contributed by atoms with van der Waals surface area (Å²) in [6.45, 7) is 5.32. The van der Waals surface area contributed by atoms with Gasteiger partial charge in [0.2, 0.25) is 11.2 Å². The molecule has 0 atom stereocenters. The highest BCUT2D eigenvalue weighted by atomic mass is 35.5. The minimum Gasteiger partial charge on any atom is -0.461 e. The Morgan fingerprint density at radius 1 is 1.28 bits per heavy atom. The molecule has 1 aliphatic heterocycles. The third-order valence-corrected chi connectivity index (χ3v) is 2.65. The summed E-state index contributed by atoms with van der Waals surface area (Å²) < 4.78 is 10.7. The van der Waals surface area contributed by atoms with E-state index in [0.717, 1.165) is 26.1 Å². The third kappa shape index (κ3) is 3.96. The van der Waals surface area contributed by atoms with Crippen molar-refractivity contribution in [1.29, 1.82) is 0 Å². The number of nitrogens with one attached hydrogen (secondary N) is 1. The molecule has 100 valence electrons. The highest BCUT2D eigenvalue weighted by Gasteiger charge is 2.16. The molecule has 1 aliphatic rings. The lowest BCUT2D eigenvalue weighted by atomic mass is 10.1. The molecule has 0 aliphatic carbocycles. The average Bonchev–Trinajstić information content (AvgIpc) is 2.28. The van der Waals surface area contributed by atoms with Crippen LogP contribution in [0.2, 0.25) is 5.28 Å². The number of hydrogen-bond acceptors (Lipinski definition) is 6. The Balaban J connectivity index is 2.04. The summed E-state index contributed by atoms with van der Waals surface area (Å²) in [4.78, 5) is 12.2. The van der Waals surface area contributed by atoms with Crippen LogP contribution in [0.1, 0.15) is 26.7 Å². The van der Waals surface area contributed by atoms with Crippen LogP contribution in [0.15, 0.2) is 0 Å². The van der Waals surface area contributed by atoms with Gasteiger partial charge in [0.25, 0.3) is 0 Å². The molecule has 0 aromatic carbocycles. The van der Waals surface area contributed by atoms with Crippen molar-refractivity contribution in [1.82, 2.24) is 15.0 Å². The second kappa shape index (κ2) is 6.15. The van der Waals surface area contributed by atoms with Crippen LogP contribution >= 0.6 is 11.6 Å². The van der Waals surface area contributed by atoms with E-state index in [2.05, 4.69) is 20.3 Å². The Labute approximate surface area is 111 Å². The van der Waals surface area contributed by atoms with Gasteiger partial charge in [-0.1, -0.05) is 0 Å². The molecule has 1 aromatic heterocycles. The predicted octanol–water partition coefficient (Wildman–Crippen LogP) is 1.90. The van der Waals surface area contributed by atoms with Gasteiger partial charge in [0.1, 0.15) is 0 Å². The van der Waals surface area contributed by atoms with Gasteiger partial charge in [-0.3, -0.25) is 0 Å². The molecule has 1 aromatic rings. The summed E-state index contributed by atoms with van der Waals surface area (Å²) in [5.41, 5.74) is 0. The van der Waals surface area contributed by atoms with Gasteiger partial charge in [-0.05, 0) is 38.3 Å². The van der Waals surface area contributed by atoms with E-state index >= 15 is 0 Å². The van der Waals surface area contributed by atoms with Gasteiger partial charge in [0.05, 0.1) is 6.10 Å². The maximum absolute atomic E-state index is 5.84. The molecule has 6 nitrogen and oxygen atoms in total. The quantitative estimate of drug-likeness (QED) is 0.903. The van der Waals surface area contributed by atoms with E-state index in [9.17, 15) is 0 Å². The van der Waals surface area contributed by atoms with Crippen LogP contribution in [0.4, 0.5) is 5.95 Å². The largest absolute Gasteiger partial charge is 0.461 e. The molecular formula is C11H17ClN4O2. The van der Waals surface area contributed by atoms with Crippen molar-refractivity contribution in [2.24, 2.45) is 0 Å². The standard InChI is InChI=1S/C11H17ClN4O2/c1-7(2)18-11-15-9(12)14-10(16-11)13-8-3-5-17-6-4-8/h7-8H,3-6H2,1-2H3,(H,13,14,15,16). The van der Waals surface area contributed by atoms with Crippen LogP contribution in [-0.4, -0.2) is 40.3 Å². The highest BCUT2D eigenvalue weighted by molar-refractivity contribution is 6.28. The Morgan fingerprint density at radius 3 is 2.67 bits per heavy atom. The molecule has 7 heteroatoms. The molecule has 2 heterocycles. The van der Waals surface area contributed by atoms with Crippen molar-refractivity contribution in [3.63, 3.8) is 0 Å². The van der Waals surface area contributed by atoms with Gasteiger partial charge in [-0.15, -0.1) is 0 Å². The zero-order chi connectivity index (χ0) is 13.0. The van der Waals surface area contributed by atoms with E-state index in [0.29, 0.717) is 12.0 Å². The SMILES string of the molecule is CC(C)Oc1nc(Cl)nc(NC2CCOCC2)n1. The number of nitrogens with zero attached hydrogens (tertiary/aromatic N) is 3. The summed E-state index contributed by atoms with van der Waals surface area (Å²) in [5.74, 6) is 0.456. The summed E-state index contributed by atoms with van der Waals surface area (Å²) in [7, 11) is 0. The van der Waals surface area contributed by atoms with Crippen molar-refractivity contribution in [2.45, 2.75) is 38.8 Å². The van der Waals surface area contributed by atoms with E-state index in [4.69, 9.17) is 21.1 Å². The monoisotopic (exact) mass is 272 g/mol. The molecule has 0 saturated carbocycles. The minimum absolute atomic E-state index is 0.000558. The second-order valence-electron chi connectivity index (χ2n) is 4.41. The van der Waals surface area contributed by atoms with Crippen LogP contribution in [-0.2, 0) is 4.74 Å². The summed E-state index contributed by atoms with van der Waals surface area (Å²) in [6.07, 6.45) is 1.87. The maximum atomic E-state index is 5.84. The Kier molecular flexibility index (Phi) is 4.54. The smallest absolute Gasteiger partial charge is 0.322 e. The summed E-state index contributed by atoms with van der Waals surface area (Å²) in [5, 5.41) is 3.36. The van der Waals surface area contributed by atoms with E-state index in [1.165, 1.54) is 0 Å². The minimum atomic E-state index is -0.000558. The molecule has 2 rings (SSSR count). The van der Waals surface area contributed by atoms with Crippen LogP contribution < -0.4 is 10.1 Å². The molecule has 1 fully saturated rings. The number of aromatic nitrogens is 3. The van der Waals surface area contributed by atoms with Gasteiger partial charge in [0.15, 0.2) is 0 Å². The van der Waals surface area contributed by atoms with Crippen LogP contribution in [0.25, 0.3) is 0 Å². The number of ether oxygens (including phenoxy) is 2. The van der Waals surface area contributed by atoms with Crippen LogP contribution in [0, 0.1) is 0 Å². The lowest BCUT2D eigenvalue weighted by Crippen LogP contribution is -2.28. The first-order valence-electron chi connectivity index (χ1n) is 6.06. The maximum Gasteiger partial charge on any atom is 0.322 e. The Morgan fingerprint density at radius 2 is 2.00 bits per heavy atom.